The van der Waals surface area contributed by atoms with Crippen molar-refractivity contribution in [2.24, 2.45) is 5.73 Å². The highest BCUT2D eigenvalue weighted by Gasteiger charge is 2.31. The van der Waals surface area contributed by atoms with E-state index in [2.05, 4.69) is 0 Å². The van der Waals surface area contributed by atoms with Gasteiger partial charge in [-0.2, -0.15) is 0 Å². The average molecular weight is 299 g/mol. The van der Waals surface area contributed by atoms with E-state index in [0.717, 1.165) is 12.8 Å². The summed E-state index contributed by atoms with van der Waals surface area (Å²) in [6.45, 7) is 1.01. The zero-order valence-electron chi connectivity index (χ0n) is 11.4. The molecule has 0 aliphatic carbocycles. The Morgan fingerprint density at radius 2 is 2.35 bits per heavy atom. The van der Waals surface area contributed by atoms with Crippen LogP contribution in [0.25, 0.3) is 0 Å². The highest BCUT2D eigenvalue weighted by molar-refractivity contribution is 6.32. The lowest BCUT2D eigenvalue weighted by Crippen LogP contribution is -2.51. The Balaban J connectivity index is 2.17. The highest BCUT2D eigenvalue weighted by atomic mass is 35.5. The first-order valence-electron chi connectivity index (χ1n) is 6.59. The number of halogens is 1. The van der Waals surface area contributed by atoms with E-state index in [0.29, 0.717) is 18.7 Å². The van der Waals surface area contributed by atoms with E-state index in [1.54, 1.807) is 18.1 Å². The number of methoxy groups -OCH3 is 1. The van der Waals surface area contributed by atoms with Crippen LogP contribution in [0.5, 0.6) is 5.75 Å². The third-order valence-corrected chi connectivity index (χ3v) is 4.03. The first kappa shape index (κ1) is 15.1. The second-order valence-corrected chi connectivity index (χ2v) is 5.34. The van der Waals surface area contributed by atoms with Gasteiger partial charge in [-0.1, -0.05) is 11.6 Å². The minimum atomic E-state index is -0.114. The lowest BCUT2D eigenvalue weighted by atomic mass is 9.98. The van der Waals surface area contributed by atoms with Crippen LogP contribution < -0.4 is 5.73 Å². The van der Waals surface area contributed by atoms with Gasteiger partial charge in [0.15, 0.2) is 0 Å². The van der Waals surface area contributed by atoms with Gasteiger partial charge >= 0.3 is 0 Å². The van der Waals surface area contributed by atoms with Gasteiger partial charge in [0.05, 0.1) is 11.1 Å². The van der Waals surface area contributed by atoms with Crippen molar-refractivity contribution in [3.05, 3.63) is 28.8 Å². The van der Waals surface area contributed by atoms with Gasteiger partial charge in [0.2, 0.25) is 0 Å². The first-order chi connectivity index (χ1) is 9.56. The Hall–Kier alpha value is -1.30. The smallest absolute Gasteiger partial charge is 0.254 e. The number of nitrogens with zero attached hydrogens (tertiary/aromatic N) is 1. The van der Waals surface area contributed by atoms with Crippen LogP contribution in [0.3, 0.4) is 0 Å². The van der Waals surface area contributed by atoms with Crippen molar-refractivity contribution in [2.45, 2.75) is 25.0 Å². The van der Waals surface area contributed by atoms with Crippen LogP contribution in [-0.4, -0.2) is 48.3 Å². The van der Waals surface area contributed by atoms with Gasteiger partial charge < -0.3 is 20.5 Å². The molecule has 1 aromatic rings. The molecule has 1 aromatic carbocycles. The molecule has 5 nitrogen and oxygen atoms in total. The van der Waals surface area contributed by atoms with Crippen LogP contribution in [0, 0.1) is 0 Å². The van der Waals surface area contributed by atoms with Crippen molar-refractivity contribution in [3.8, 4) is 5.75 Å². The van der Waals surface area contributed by atoms with Crippen LogP contribution in [0.1, 0.15) is 23.2 Å². The molecule has 20 heavy (non-hydrogen) atoms. The average Bonchev–Trinajstić information content (AvgIpc) is 2.48. The number of aromatic hydroxyl groups is 1. The molecule has 3 N–H and O–H groups in total. The van der Waals surface area contributed by atoms with Gasteiger partial charge in [-0.25, -0.2) is 0 Å². The van der Waals surface area contributed by atoms with Crippen molar-refractivity contribution in [3.63, 3.8) is 0 Å². The minimum Gasteiger partial charge on any atom is -0.506 e. The van der Waals surface area contributed by atoms with Gasteiger partial charge in [-0.15, -0.1) is 0 Å². The highest BCUT2D eigenvalue weighted by Crippen LogP contribution is 2.26. The first-order valence-corrected chi connectivity index (χ1v) is 6.97. The maximum absolute atomic E-state index is 12.5. The van der Waals surface area contributed by atoms with Gasteiger partial charge in [0, 0.05) is 31.8 Å². The number of phenols is 1. The molecule has 0 bridgehead atoms. The molecule has 1 saturated heterocycles. The van der Waals surface area contributed by atoms with Crippen LogP contribution in [0.2, 0.25) is 5.02 Å². The molecule has 2 atom stereocenters. The number of benzene rings is 1. The summed E-state index contributed by atoms with van der Waals surface area (Å²) in [5.41, 5.74) is 6.23. The quantitative estimate of drug-likeness (QED) is 0.889. The predicted molar refractivity (Wildman–Crippen MR) is 77.0 cm³/mol. The number of hydrogen-bond acceptors (Lipinski definition) is 4. The number of hydrogen-bond donors (Lipinski definition) is 2. The topological polar surface area (TPSA) is 75.8 Å². The normalized spacial score (nSPS) is 22.9. The van der Waals surface area contributed by atoms with Crippen molar-refractivity contribution in [1.29, 1.82) is 0 Å². The Labute approximate surface area is 123 Å². The lowest BCUT2D eigenvalue weighted by Gasteiger charge is -2.38. The molecule has 1 heterocycles. The molecule has 1 aliphatic rings. The number of nitrogens with two attached hydrogens (primary N) is 1. The molecule has 0 aromatic heterocycles. The zero-order valence-corrected chi connectivity index (χ0v) is 12.1. The number of carbonyl (C=O) groups is 1. The standard InChI is InChI=1S/C14H19ClN2O3/c1-20-11-4-5-17(10(7-11)8-16)14(19)9-2-3-13(18)12(15)6-9/h2-3,6,10-11,18H,4-5,7-8,16H2,1H3. The van der Waals surface area contributed by atoms with E-state index in [9.17, 15) is 9.90 Å². The molecule has 0 saturated carbocycles. The number of rotatable bonds is 3. The lowest BCUT2D eigenvalue weighted by molar-refractivity contribution is 0.0139. The number of piperidine rings is 1. The van der Waals surface area contributed by atoms with Gasteiger partial charge in [0.25, 0.3) is 5.91 Å². The molecule has 6 heteroatoms. The van der Waals surface area contributed by atoms with Crippen LogP contribution in [0.15, 0.2) is 18.2 Å². The Morgan fingerprint density at radius 1 is 1.60 bits per heavy atom. The summed E-state index contributed by atoms with van der Waals surface area (Å²) in [7, 11) is 1.68. The third kappa shape index (κ3) is 3.06. The predicted octanol–water partition coefficient (Wildman–Crippen LogP) is 1.62. The van der Waals surface area contributed by atoms with Crippen molar-refractivity contribution in [1.82, 2.24) is 4.90 Å². The Bertz CT molecular complexity index is 495. The van der Waals surface area contributed by atoms with E-state index in [4.69, 9.17) is 22.1 Å². The van der Waals surface area contributed by atoms with Crippen molar-refractivity contribution >= 4 is 17.5 Å². The monoisotopic (exact) mass is 298 g/mol. The molecule has 2 unspecified atom stereocenters. The van der Waals surface area contributed by atoms with E-state index >= 15 is 0 Å². The van der Waals surface area contributed by atoms with E-state index < -0.39 is 0 Å². The largest absolute Gasteiger partial charge is 0.506 e. The summed E-state index contributed by atoms with van der Waals surface area (Å²) in [6, 6.07) is 4.44. The van der Waals surface area contributed by atoms with Gasteiger partial charge in [-0.3, -0.25) is 4.79 Å². The summed E-state index contributed by atoms with van der Waals surface area (Å²) in [6.07, 6.45) is 1.69. The van der Waals surface area contributed by atoms with Gasteiger partial charge in [0.1, 0.15) is 5.75 Å². The van der Waals surface area contributed by atoms with Crippen LogP contribution in [0.4, 0.5) is 0 Å². The van der Waals surface area contributed by atoms with E-state index in [1.165, 1.54) is 12.1 Å². The number of amides is 1. The Kier molecular flexibility index (Phi) is 4.86. The second kappa shape index (κ2) is 6.43. The molecule has 0 radical (unpaired) electrons. The summed E-state index contributed by atoms with van der Waals surface area (Å²) in [4.78, 5) is 14.3. The van der Waals surface area contributed by atoms with Crippen LogP contribution in [-0.2, 0) is 4.74 Å². The number of phenolic OH excluding ortho intramolecular Hbond substituents is 1. The fourth-order valence-corrected chi connectivity index (χ4v) is 2.71. The molecule has 1 aliphatic heterocycles. The fourth-order valence-electron chi connectivity index (χ4n) is 2.52. The fraction of sp³-hybridized carbons (Fsp3) is 0.500. The summed E-state index contributed by atoms with van der Waals surface area (Å²) < 4.78 is 5.34. The molecular weight excluding hydrogens is 280 g/mol. The zero-order chi connectivity index (χ0) is 14.7. The second-order valence-electron chi connectivity index (χ2n) is 4.94. The maximum atomic E-state index is 12.5. The number of ether oxygens (including phenoxy) is 1. The maximum Gasteiger partial charge on any atom is 0.254 e. The summed E-state index contributed by atoms with van der Waals surface area (Å²) >= 11 is 5.85. The minimum absolute atomic E-state index is 0.0308. The van der Waals surface area contributed by atoms with Gasteiger partial charge in [-0.05, 0) is 31.0 Å². The van der Waals surface area contributed by atoms with Crippen molar-refractivity contribution in [2.75, 3.05) is 20.2 Å². The van der Waals surface area contributed by atoms with Crippen LogP contribution >= 0.6 is 11.6 Å². The molecule has 110 valence electrons. The third-order valence-electron chi connectivity index (χ3n) is 3.73. The SMILES string of the molecule is COC1CCN(C(=O)c2ccc(O)c(Cl)c2)C(CN)C1. The van der Waals surface area contributed by atoms with Crippen molar-refractivity contribution < 1.29 is 14.6 Å². The number of carbonyl (C=O) groups excluding carboxylic acids is 1. The molecular formula is C14H19ClN2O3. The summed E-state index contributed by atoms with van der Waals surface area (Å²) in [5, 5.41) is 9.58. The molecule has 1 amide bonds. The molecule has 1 fully saturated rings. The van der Waals surface area contributed by atoms with E-state index in [1.807, 2.05) is 0 Å². The number of likely N-dealkylation sites (tertiary alicyclic amines) is 1. The Morgan fingerprint density at radius 3 is 2.95 bits per heavy atom. The molecule has 2 rings (SSSR count). The van der Waals surface area contributed by atoms with E-state index in [-0.39, 0.29) is 28.8 Å². The summed E-state index contributed by atoms with van der Waals surface area (Å²) in [5.74, 6) is -0.145. The molecule has 0 spiro atoms.